The summed E-state index contributed by atoms with van der Waals surface area (Å²) in [4.78, 5) is 0. The summed E-state index contributed by atoms with van der Waals surface area (Å²) in [6, 6.07) is 0. The average Bonchev–Trinajstić information content (AvgIpc) is 2.69. The summed E-state index contributed by atoms with van der Waals surface area (Å²) in [5.41, 5.74) is 0.652. The van der Waals surface area contributed by atoms with Gasteiger partial charge in [-0.2, -0.15) is 0 Å². The minimum absolute atomic E-state index is 0.0495. The molecule has 4 aliphatic carbocycles. The van der Waals surface area contributed by atoms with Gasteiger partial charge in [0.15, 0.2) is 0 Å². The van der Waals surface area contributed by atoms with Crippen LogP contribution in [0.2, 0.25) is 0 Å². The van der Waals surface area contributed by atoms with E-state index in [4.69, 9.17) is 0 Å². The van der Waals surface area contributed by atoms with Gasteiger partial charge in [-0.3, -0.25) is 0 Å². The molecule has 4 rings (SSSR count). The van der Waals surface area contributed by atoms with Crippen LogP contribution >= 0.6 is 0 Å². The van der Waals surface area contributed by atoms with E-state index in [0.29, 0.717) is 23.7 Å². The molecule has 0 aromatic heterocycles. The second-order valence-corrected chi connectivity index (χ2v) is 10.2. The zero-order chi connectivity index (χ0) is 16.6. The fourth-order valence-electron chi connectivity index (χ4n) is 7.33. The summed E-state index contributed by atoms with van der Waals surface area (Å²) < 4.78 is 14.8. The molecule has 3 fully saturated rings. The van der Waals surface area contributed by atoms with Gasteiger partial charge in [-0.25, -0.2) is 4.39 Å². The highest BCUT2D eigenvalue weighted by Gasteiger charge is 2.61. The van der Waals surface area contributed by atoms with Crippen LogP contribution < -0.4 is 0 Å². The first kappa shape index (κ1) is 16.1. The van der Waals surface area contributed by atoms with E-state index in [1.165, 1.54) is 12.0 Å². The largest absolute Gasteiger partial charge is 0.392 e. The van der Waals surface area contributed by atoms with Crippen molar-refractivity contribution in [3.05, 3.63) is 11.6 Å². The van der Waals surface area contributed by atoms with Gasteiger partial charge in [-0.05, 0) is 81.0 Å². The first-order chi connectivity index (χ1) is 10.7. The zero-order valence-corrected chi connectivity index (χ0v) is 15.2. The minimum atomic E-state index is -0.987. The van der Waals surface area contributed by atoms with E-state index in [1.54, 1.807) is 0 Å². The fourth-order valence-corrected chi connectivity index (χ4v) is 7.33. The van der Waals surface area contributed by atoms with Crippen LogP contribution in [0.1, 0.15) is 72.6 Å². The van der Waals surface area contributed by atoms with Crippen LogP contribution in [0.5, 0.6) is 0 Å². The summed E-state index contributed by atoms with van der Waals surface area (Å²) in [6.07, 6.45) is 9.21. The molecule has 3 unspecified atom stereocenters. The highest BCUT2D eigenvalue weighted by Crippen LogP contribution is 2.66. The van der Waals surface area contributed by atoms with Gasteiger partial charge < -0.3 is 5.11 Å². The number of fused-ring (bicyclic) bond motifs is 5. The second-order valence-electron chi connectivity index (χ2n) is 10.2. The van der Waals surface area contributed by atoms with Gasteiger partial charge in [0.2, 0.25) is 0 Å². The van der Waals surface area contributed by atoms with Crippen molar-refractivity contribution in [3.8, 4) is 0 Å². The first-order valence-electron chi connectivity index (χ1n) is 9.72. The van der Waals surface area contributed by atoms with Crippen molar-refractivity contribution in [1.82, 2.24) is 0 Å². The number of hydrogen-bond acceptors (Lipinski definition) is 1. The lowest BCUT2D eigenvalue weighted by Gasteiger charge is -2.58. The summed E-state index contributed by atoms with van der Waals surface area (Å²) >= 11 is 0. The van der Waals surface area contributed by atoms with Gasteiger partial charge in [0.1, 0.15) is 5.67 Å². The van der Waals surface area contributed by atoms with Gasteiger partial charge in [-0.1, -0.05) is 32.4 Å². The molecule has 8 atom stereocenters. The van der Waals surface area contributed by atoms with Gasteiger partial charge >= 0.3 is 0 Å². The molecule has 0 aromatic carbocycles. The number of alkyl halides is 1. The Morgan fingerprint density at radius 2 is 1.96 bits per heavy atom. The zero-order valence-electron chi connectivity index (χ0n) is 15.2. The maximum absolute atomic E-state index is 14.8. The fraction of sp³-hybridized carbons (Fsp3) is 0.905. The van der Waals surface area contributed by atoms with E-state index in [0.717, 1.165) is 38.5 Å². The molecule has 130 valence electrons. The standard InChI is InChI=1S/C21H33FO/c1-13-9-14-5-6-15-16(21(14,4)18(23)10-13)7-8-19(2)12-20(3,22)11-17(15)19/h5,13,15-18,23H,6-12H2,1-4H3/t13?,15-,16-,17+,18?,19-,20?,21+/m1/s1. The molecule has 0 radical (unpaired) electrons. The molecule has 0 aromatic rings. The van der Waals surface area contributed by atoms with Crippen LogP contribution in [0, 0.1) is 34.5 Å². The Bertz CT molecular complexity index is 538. The molecule has 0 spiro atoms. The van der Waals surface area contributed by atoms with Crippen molar-refractivity contribution < 1.29 is 9.50 Å². The van der Waals surface area contributed by atoms with E-state index in [-0.39, 0.29) is 16.9 Å². The van der Waals surface area contributed by atoms with Crippen LogP contribution in [0.3, 0.4) is 0 Å². The number of halogens is 1. The van der Waals surface area contributed by atoms with Crippen LogP contribution in [0.15, 0.2) is 11.6 Å². The van der Waals surface area contributed by atoms with Crippen molar-refractivity contribution in [1.29, 1.82) is 0 Å². The van der Waals surface area contributed by atoms with Gasteiger partial charge in [-0.15, -0.1) is 0 Å². The molecule has 0 saturated heterocycles. The van der Waals surface area contributed by atoms with Gasteiger partial charge in [0.25, 0.3) is 0 Å². The lowest BCUT2D eigenvalue weighted by Crippen LogP contribution is -2.54. The third kappa shape index (κ3) is 2.19. The minimum Gasteiger partial charge on any atom is -0.392 e. The SMILES string of the molecule is CC1CC2=CC[C@@H]3[C@@H](CC[C@]4(C)CC(C)(F)C[C@@H]34)[C@@]2(C)C(O)C1. The van der Waals surface area contributed by atoms with Crippen LogP contribution in [-0.4, -0.2) is 16.9 Å². The number of aliphatic hydroxyl groups is 1. The molecule has 23 heavy (non-hydrogen) atoms. The lowest BCUT2D eigenvalue weighted by molar-refractivity contribution is -0.0880. The number of aliphatic hydroxyl groups excluding tert-OH is 1. The topological polar surface area (TPSA) is 20.2 Å². The molecular weight excluding hydrogens is 287 g/mol. The van der Waals surface area contributed by atoms with E-state index in [1.807, 2.05) is 6.92 Å². The molecule has 4 aliphatic rings. The lowest BCUT2D eigenvalue weighted by atomic mass is 9.47. The highest BCUT2D eigenvalue weighted by molar-refractivity contribution is 5.27. The summed E-state index contributed by atoms with van der Waals surface area (Å²) in [7, 11) is 0. The van der Waals surface area contributed by atoms with Crippen LogP contribution in [0.25, 0.3) is 0 Å². The van der Waals surface area contributed by atoms with Crippen LogP contribution in [-0.2, 0) is 0 Å². The molecule has 2 heteroatoms. The smallest absolute Gasteiger partial charge is 0.109 e. The van der Waals surface area contributed by atoms with Gasteiger partial charge in [0.05, 0.1) is 6.10 Å². The monoisotopic (exact) mass is 320 g/mol. The third-order valence-electron chi connectivity index (χ3n) is 8.36. The Morgan fingerprint density at radius 3 is 2.70 bits per heavy atom. The van der Waals surface area contributed by atoms with E-state index in [9.17, 15) is 9.50 Å². The molecule has 0 amide bonds. The van der Waals surface area contributed by atoms with Crippen molar-refractivity contribution in [2.45, 2.75) is 84.4 Å². The summed E-state index contributed by atoms with van der Waals surface area (Å²) in [5.74, 6) is 2.22. The Kier molecular flexibility index (Phi) is 3.39. The number of allylic oxidation sites excluding steroid dienone is 1. The quantitative estimate of drug-likeness (QED) is 0.602. The van der Waals surface area contributed by atoms with Crippen molar-refractivity contribution >= 4 is 0 Å². The molecule has 1 nitrogen and oxygen atoms in total. The third-order valence-corrected chi connectivity index (χ3v) is 8.36. The van der Waals surface area contributed by atoms with Gasteiger partial charge in [0, 0.05) is 5.41 Å². The maximum atomic E-state index is 14.8. The average molecular weight is 320 g/mol. The maximum Gasteiger partial charge on any atom is 0.109 e. The Morgan fingerprint density at radius 1 is 1.22 bits per heavy atom. The van der Waals surface area contributed by atoms with Crippen molar-refractivity contribution in [2.24, 2.45) is 34.5 Å². The van der Waals surface area contributed by atoms with E-state index < -0.39 is 5.67 Å². The number of rotatable bonds is 0. The molecule has 0 aliphatic heterocycles. The van der Waals surface area contributed by atoms with Crippen molar-refractivity contribution in [2.75, 3.05) is 0 Å². The van der Waals surface area contributed by atoms with E-state index >= 15 is 0 Å². The Hall–Kier alpha value is -0.370. The predicted octanol–water partition coefficient (Wildman–Crippen LogP) is 5.28. The van der Waals surface area contributed by atoms with Crippen molar-refractivity contribution in [3.63, 3.8) is 0 Å². The normalized spacial score (nSPS) is 58.9. The molecule has 3 saturated carbocycles. The molecular formula is C21H33FO. The first-order valence-corrected chi connectivity index (χ1v) is 9.72. The van der Waals surface area contributed by atoms with Crippen LogP contribution in [0.4, 0.5) is 4.39 Å². The highest BCUT2D eigenvalue weighted by atomic mass is 19.1. The second kappa shape index (κ2) is 4.84. The number of hydrogen-bond donors (Lipinski definition) is 1. The summed E-state index contributed by atoms with van der Waals surface area (Å²) in [5, 5.41) is 11.0. The predicted molar refractivity (Wildman–Crippen MR) is 91.8 cm³/mol. The molecule has 0 heterocycles. The molecule has 0 bridgehead atoms. The summed E-state index contributed by atoms with van der Waals surface area (Å²) in [6.45, 7) is 8.73. The van der Waals surface area contributed by atoms with E-state index in [2.05, 4.69) is 26.8 Å². The Balaban J connectivity index is 1.71. The molecule has 1 N–H and O–H groups in total. The Labute approximate surface area is 140 Å².